The van der Waals surface area contributed by atoms with Crippen molar-refractivity contribution in [1.82, 2.24) is 4.90 Å². The van der Waals surface area contributed by atoms with Crippen LogP contribution in [0.3, 0.4) is 0 Å². The number of carbonyl (C=O) groups excluding carboxylic acids is 3. The number of alkyl halides is 3. The van der Waals surface area contributed by atoms with Gasteiger partial charge in [0.05, 0.1) is 21.8 Å². The van der Waals surface area contributed by atoms with E-state index in [-0.39, 0.29) is 21.2 Å². The van der Waals surface area contributed by atoms with Gasteiger partial charge >= 0.3 is 12.1 Å². The predicted molar refractivity (Wildman–Crippen MR) is 144 cm³/mol. The first kappa shape index (κ1) is 32.1. The molecule has 3 rings (SSSR count). The van der Waals surface area contributed by atoms with Gasteiger partial charge in [-0.3, -0.25) is 13.9 Å². The van der Waals surface area contributed by atoms with Crippen LogP contribution in [-0.4, -0.2) is 59.4 Å². The van der Waals surface area contributed by atoms with Crippen LogP contribution < -0.4 is 9.62 Å². The highest BCUT2D eigenvalue weighted by Gasteiger charge is 2.30. The number of halogens is 4. The molecule has 214 valence electrons. The number of hydrogen-bond donors (Lipinski definition) is 1. The van der Waals surface area contributed by atoms with Gasteiger partial charge in [-0.2, -0.15) is 13.2 Å². The van der Waals surface area contributed by atoms with Gasteiger partial charge in [0.15, 0.2) is 6.61 Å². The molecule has 0 fully saturated rings. The fourth-order valence-corrected chi connectivity index (χ4v) is 4.63. The van der Waals surface area contributed by atoms with Crippen molar-refractivity contribution in [3.05, 3.63) is 88.9 Å². The molecule has 0 saturated heterocycles. The van der Waals surface area contributed by atoms with Gasteiger partial charge in [0, 0.05) is 26.8 Å². The van der Waals surface area contributed by atoms with Crippen LogP contribution in [0.2, 0.25) is 5.02 Å². The molecule has 0 atom stereocenters. The summed E-state index contributed by atoms with van der Waals surface area (Å²) in [5, 5.41) is 2.07. The fraction of sp³-hybridized carbons (Fsp3) is 0.192. The third kappa shape index (κ3) is 8.99. The summed E-state index contributed by atoms with van der Waals surface area (Å²) in [6, 6.07) is 15.6. The lowest BCUT2D eigenvalue weighted by atomic mass is 10.2. The maximum Gasteiger partial charge on any atom is 0.416 e. The Morgan fingerprint density at radius 2 is 1.60 bits per heavy atom. The van der Waals surface area contributed by atoms with E-state index in [2.05, 4.69) is 5.32 Å². The molecule has 0 unspecified atom stereocenters. The Morgan fingerprint density at radius 3 is 2.17 bits per heavy atom. The van der Waals surface area contributed by atoms with Crippen molar-refractivity contribution in [3.63, 3.8) is 0 Å². The molecule has 3 aromatic carbocycles. The molecule has 0 aliphatic carbocycles. The van der Waals surface area contributed by atoms with E-state index in [4.69, 9.17) is 16.3 Å². The van der Waals surface area contributed by atoms with Gasteiger partial charge in [0.2, 0.25) is 6.41 Å². The minimum atomic E-state index is -4.59. The highest BCUT2D eigenvalue weighted by molar-refractivity contribution is 7.93. The molecular weight excluding hydrogens is 575 g/mol. The molecule has 2 amide bonds. The van der Waals surface area contributed by atoms with Crippen LogP contribution in [0.5, 0.6) is 0 Å². The maximum atomic E-state index is 13.0. The van der Waals surface area contributed by atoms with E-state index in [1.807, 2.05) is 0 Å². The lowest BCUT2D eigenvalue weighted by molar-refractivity contribution is -0.137. The van der Waals surface area contributed by atoms with Crippen molar-refractivity contribution in [2.45, 2.75) is 11.1 Å². The Morgan fingerprint density at radius 1 is 0.975 bits per heavy atom. The number of carbonyl (C=O) groups is 3. The average molecular weight is 600 g/mol. The molecule has 9 nitrogen and oxygen atoms in total. The summed E-state index contributed by atoms with van der Waals surface area (Å²) in [6.07, 6.45) is -3.84. The average Bonchev–Trinajstić information content (AvgIpc) is 2.92. The van der Waals surface area contributed by atoms with Crippen LogP contribution in [0, 0.1) is 0 Å². The summed E-state index contributed by atoms with van der Waals surface area (Å²) in [6.45, 7) is -0.816. The highest BCUT2D eigenvalue weighted by Crippen LogP contribution is 2.31. The normalized spacial score (nSPS) is 11.0. The first-order valence-corrected chi connectivity index (χ1v) is 13.1. The molecule has 0 aliphatic rings. The zero-order valence-electron chi connectivity index (χ0n) is 21.5. The number of nitrogens with one attached hydrogen (secondary N) is 1. The second-order valence-corrected chi connectivity index (χ2v) is 10.6. The molecule has 0 saturated carbocycles. The minimum Gasteiger partial charge on any atom is -0.452 e. The van der Waals surface area contributed by atoms with Crippen molar-refractivity contribution in [2.75, 3.05) is 37.4 Å². The lowest BCUT2D eigenvalue weighted by Crippen LogP contribution is -2.27. The highest BCUT2D eigenvalue weighted by atomic mass is 35.5. The molecule has 14 heteroatoms. The number of hydrogen-bond acceptors (Lipinski definition) is 6. The zero-order valence-corrected chi connectivity index (χ0v) is 23.0. The lowest BCUT2D eigenvalue weighted by Gasteiger charge is -2.20. The number of amides is 2. The number of benzene rings is 3. The smallest absolute Gasteiger partial charge is 0.416 e. The van der Waals surface area contributed by atoms with Crippen LogP contribution >= 0.6 is 11.6 Å². The van der Waals surface area contributed by atoms with Gasteiger partial charge < -0.3 is 15.0 Å². The van der Waals surface area contributed by atoms with Crippen molar-refractivity contribution in [3.8, 4) is 0 Å². The van der Waals surface area contributed by atoms with E-state index in [1.165, 1.54) is 30.1 Å². The number of ether oxygens (including phenoxy) is 1. The van der Waals surface area contributed by atoms with E-state index in [0.717, 1.165) is 35.0 Å². The molecule has 0 aliphatic heterocycles. The van der Waals surface area contributed by atoms with E-state index in [1.54, 1.807) is 44.4 Å². The van der Waals surface area contributed by atoms with E-state index in [9.17, 15) is 36.0 Å². The van der Waals surface area contributed by atoms with Crippen molar-refractivity contribution in [2.24, 2.45) is 0 Å². The summed E-state index contributed by atoms with van der Waals surface area (Å²) in [5.41, 5.74) is -0.920. The molecule has 0 radical (unpaired) electrons. The number of esters is 1. The minimum absolute atomic E-state index is 0.133. The van der Waals surface area contributed by atoms with Gasteiger partial charge in [-0.15, -0.1) is 0 Å². The van der Waals surface area contributed by atoms with Crippen LogP contribution in [0.4, 0.5) is 24.5 Å². The third-order valence-corrected chi connectivity index (χ3v) is 7.21. The monoisotopic (exact) mass is 599 g/mol. The fourth-order valence-electron chi connectivity index (χ4n) is 2.94. The first-order valence-electron chi connectivity index (χ1n) is 11.3. The van der Waals surface area contributed by atoms with Crippen molar-refractivity contribution >= 4 is 51.3 Å². The van der Waals surface area contributed by atoms with E-state index >= 15 is 0 Å². The molecular formula is C26H25ClF3N3O6S. The van der Waals surface area contributed by atoms with E-state index in [0.29, 0.717) is 5.69 Å². The Kier molecular flexibility index (Phi) is 11.1. The molecule has 1 N–H and O–H groups in total. The number of rotatable bonds is 8. The van der Waals surface area contributed by atoms with Gasteiger partial charge in [-0.25, -0.2) is 13.2 Å². The van der Waals surface area contributed by atoms with Gasteiger partial charge in [-0.05, 0) is 48.5 Å². The number of anilines is 2. The molecule has 3 aromatic rings. The molecule has 0 bridgehead atoms. The van der Waals surface area contributed by atoms with Crippen molar-refractivity contribution in [1.29, 1.82) is 0 Å². The number of para-hydroxylation sites is 1. The second kappa shape index (κ2) is 13.8. The molecule has 0 aromatic heterocycles. The van der Waals surface area contributed by atoms with Crippen LogP contribution in [-0.2, 0) is 30.5 Å². The van der Waals surface area contributed by atoms with E-state index < -0.39 is 40.2 Å². The summed E-state index contributed by atoms with van der Waals surface area (Å²) in [7, 11) is 0.554. The predicted octanol–water partition coefficient (Wildman–Crippen LogP) is 4.68. The largest absolute Gasteiger partial charge is 0.452 e. The number of nitrogens with zero attached hydrogens (tertiary/aromatic N) is 2. The molecule has 40 heavy (non-hydrogen) atoms. The second-order valence-electron chi connectivity index (χ2n) is 8.23. The van der Waals surface area contributed by atoms with Gasteiger partial charge in [0.1, 0.15) is 4.90 Å². The SMILES string of the molecule is CN(C)C=O.CN(c1ccccc1)S(=O)(=O)c1cc(C(=O)OCC(=O)Nc2cccc(C(F)(F)F)c2)ccc1Cl. The summed E-state index contributed by atoms with van der Waals surface area (Å²) in [4.78, 5) is 35.0. The Balaban J connectivity index is 0.00000103. The summed E-state index contributed by atoms with van der Waals surface area (Å²) in [5.74, 6) is -1.91. The van der Waals surface area contributed by atoms with Gasteiger partial charge in [0.25, 0.3) is 15.9 Å². The maximum absolute atomic E-state index is 13.0. The first-order chi connectivity index (χ1) is 18.7. The third-order valence-electron chi connectivity index (χ3n) is 4.94. The summed E-state index contributed by atoms with van der Waals surface area (Å²) < 4.78 is 70.4. The quantitative estimate of drug-likeness (QED) is 0.297. The zero-order chi connectivity index (χ0) is 30.1. The molecule has 0 spiro atoms. The van der Waals surface area contributed by atoms with Crippen LogP contribution in [0.15, 0.2) is 77.7 Å². The number of sulfonamides is 1. The molecule has 0 heterocycles. The summed E-state index contributed by atoms with van der Waals surface area (Å²) >= 11 is 6.08. The van der Waals surface area contributed by atoms with Crippen LogP contribution in [0.1, 0.15) is 15.9 Å². The Labute approximate surface area is 234 Å². The van der Waals surface area contributed by atoms with Crippen LogP contribution in [0.25, 0.3) is 0 Å². The Bertz CT molecular complexity index is 1450. The topological polar surface area (TPSA) is 113 Å². The standard InChI is InChI=1S/C23H18ClF3N2O5S.C3H7NO/c1-29(18-8-3-2-4-9-18)35(32,33)20-12-15(10-11-19(20)24)22(31)34-14-21(30)28-17-7-5-6-16(13-17)23(25,26)27;1-4(2)3-5/h2-13H,14H2,1H3,(H,28,30);3H,1-2H3. The van der Waals surface area contributed by atoms with Gasteiger partial charge in [-0.1, -0.05) is 35.9 Å². The van der Waals surface area contributed by atoms with Crippen molar-refractivity contribution < 1.29 is 40.7 Å². The Hall–Kier alpha value is -4.10.